The quantitative estimate of drug-likeness (QED) is 0.789. The van der Waals surface area contributed by atoms with Gasteiger partial charge in [0, 0.05) is 22.9 Å². The van der Waals surface area contributed by atoms with Gasteiger partial charge in [-0.3, -0.25) is 4.98 Å². The summed E-state index contributed by atoms with van der Waals surface area (Å²) in [5.41, 5.74) is 1.62. The first-order valence-corrected chi connectivity index (χ1v) is 6.39. The summed E-state index contributed by atoms with van der Waals surface area (Å²) in [4.78, 5) is 16.0. The largest absolute Gasteiger partial charge is 0.478 e. The third-order valence-corrected chi connectivity index (χ3v) is 3.71. The van der Waals surface area contributed by atoms with Gasteiger partial charge in [0.15, 0.2) is 0 Å². The molecular weight excluding hydrogens is 238 g/mol. The number of nitrogens with zero attached hydrogens (tertiary/aromatic N) is 1. The summed E-state index contributed by atoms with van der Waals surface area (Å²) >= 11 is 1.46. The lowest BCUT2D eigenvalue weighted by Crippen LogP contribution is -2.08. The van der Waals surface area contributed by atoms with Crippen LogP contribution in [0.3, 0.4) is 0 Å². The molecule has 17 heavy (non-hydrogen) atoms. The standard InChI is InChI=1S/C12H17NO3S/c1-7(5-14)6-17-10-4-8(2)13-9(3)11(10)12(15)16/h4,7,14H,5-6H2,1-3H3,(H,15,16). The molecule has 0 aliphatic heterocycles. The summed E-state index contributed by atoms with van der Waals surface area (Å²) in [7, 11) is 0. The molecule has 1 atom stereocenters. The molecule has 0 aromatic carbocycles. The van der Waals surface area contributed by atoms with Crippen LogP contribution in [0.15, 0.2) is 11.0 Å². The van der Waals surface area contributed by atoms with Gasteiger partial charge in [-0.25, -0.2) is 4.79 Å². The molecule has 94 valence electrons. The Morgan fingerprint density at radius 3 is 2.71 bits per heavy atom. The lowest BCUT2D eigenvalue weighted by Gasteiger charge is -2.11. The number of hydrogen-bond acceptors (Lipinski definition) is 4. The Bertz CT molecular complexity index is 420. The van der Waals surface area contributed by atoms with Crippen molar-refractivity contribution < 1.29 is 15.0 Å². The number of hydrogen-bond donors (Lipinski definition) is 2. The maximum atomic E-state index is 11.2. The number of aromatic nitrogens is 1. The van der Waals surface area contributed by atoms with Crippen molar-refractivity contribution in [1.82, 2.24) is 4.98 Å². The van der Waals surface area contributed by atoms with Crippen LogP contribution in [0.25, 0.3) is 0 Å². The Morgan fingerprint density at radius 1 is 1.53 bits per heavy atom. The number of thioether (sulfide) groups is 1. The molecule has 0 aliphatic rings. The van der Waals surface area contributed by atoms with Gasteiger partial charge in [0.1, 0.15) is 0 Å². The van der Waals surface area contributed by atoms with E-state index in [0.29, 0.717) is 11.4 Å². The van der Waals surface area contributed by atoms with Gasteiger partial charge in [0.2, 0.25) is 0 Å². The molecule has 1 aromatic rings. The highest BCUT2D eigenvalue weighted by Crippen LogP contribution is 2.27. The third-order valence-electron chi connectivity index (χ3n) is 2.34. The van der Waals surface area contributed by atoms with Gasteiger partial charge in [-0.1, -0.05) is 6.92 Å². The number of aliphatic hydroxyl groups is 1. The van der Waals surface area contributed by atoms with E-state index in [0.717, 1.165) is 10.6 Å². The number of carboxylic acids is 1. The molecular formula is C12H17NO3S. The smallest absolute Gasteiger partial charge is 0.338 e. The van der Waals surface area contributed by atoms with Crippen LogP contribution in [0.2, 0.25) is 0 Å². The summed E-state index contributed by atoms with van der Waals surface area (Å²) in [6.07, 6.45) is 0. The van der Waals surface area contributed by atoms with Crippen molar-refractivity contribution in [2.45, 2.75) is 25.7 Å². The second-order valence-electron chi connectivity index (χ2n) is 4.13. The monoisotopic (exact) mass is 255 g/mol. The van der Waals surface area contributed by atoms with Crippen molar-refractivity contribution in [3.63, 3.8) is 0 Å². The lowest BCUT2D eigenvalue weighted by atomic mass is 10.2. The van der Waals surface area contributed by atoms with Crippen LogP contribution in [0, 0.1) is 19.8 Å². The maximum Gasteiger partial charge on any atom is 0.338 e. The molecule has 4 nitrogen and oxygen atoms in total. The minimum Gasteiger partial charge on any atom is -0.478 e. The minimum atomic E-state index is -0.950. The summed E-state index contributed by atoms with van der Waals surface area (Å²) in [6.45, 7) is 5.58. The number of carboxylic acid groups (broad SMARTS) is 1. The van der Waals surface area contributed by atoms with E-state index in [1.54, 1.807) is 13.0 Å². The molecule has 0 saturated carbocycles. The molecule has 0 radical (unpaired) electrons. The first-order chi connectivity index (χ1) is 7.95. The van der Waals surface area contributed by atoms with Crippen LogP contribution in [0.5, 0.6) is 0 Å². The van der Waals surface area contributed by atoms with E-state index in [1.807, 2.05) is 13.8 Å². The number of rotatable bonds is 5. The SMILES string of the molecule is Cc1cc(SCC(C)CO)c(C(=O)O)c(C)n1. The van der Waals surface area contributed by atoms with E-state index in [1.165, 1.54) is 11.8 Å². The number of aromatic carboxylic acids is 1. The summed E-state index contributed by atoms with van der Waals surface area (Å²) in [5, 5.41) is 18.1. The van der Waals surface area contributed by atoms with E-state index in [2.05, 4.69) is 4.98 Å². The maximum absolute atomic E-state index is 11.2. The van der Waals surface area contributed by atoms with Crippen LogP contribution in [0.4, 0.5) is 0 Å². The van der Waals surface area contributed by atoms with E-state index in [-0.39, 0.29) is 18.1 Å². The average Bonchev–Trinajstić information content (AvgIpc) is 2.24. The molecule has 1 unspecified atom stereocenters. The van der Waals surface area contributed by atoms with Crippen molar-refractivity contribution in [2.75, 3.05) is 12.4 Å². The topological polar surface area (TPSA) is 70.4 Å². The second kappa shape index (κ2) is 6.02. The van der Waals surface area contributed by atoms with E-state index in [9.17, 15) is 4.79 Å². The molecule has 0 spiro atoms. The molecule has 1 rings (SSSR count). The number of aryl methyl sites for hydroxylation is 2. The summed E-state index contributed by atoms with van der Waals surface area (Å²) in [5.74, 6) is -0.107. The van der Waals surface area contributed by atoms with Gasteiger partial charge < -0.3 is 10.2 Å². The third kappa shape index (κ3) is 3.71. The van der Waals surface area contributed by atoms with Crippen molar-refractivity contribution in [3.05, 3.63) is 23.0 Å². The van der Waals surface area contributed by atoms with Crippen molar-refractivity contribution in [2.24, 2.45) is 5.92 Å². The summed E-state index contributed by atoms with van der Waals surface area (Å²) in [6, 6.07) is 1.78. The Balaban J connectivity index is 3.00. The molecule has 1 heterocycles. The van der Waals surface area contributed by atoms with E-state index >= 15 is 0 Å². The first-order valence-electron chi connectivity index (χ1n) is 5.41. The highest BCUT2D eigenvalue weighted by atomic mass is 32.2. The van der Waals surface area contributed by atoms with Gasteiger partial charge in [-0.2, -0.15) is 0 Å². The molecule has 0 amide bonds. The van der Waals surface area contributed by atoms with Gasteiger partial charge in [0.25, 0.3) is 0 Å². The van der Waals surface area contributed by atoms with Crippen LogP contribution < -0.4 is 0 Å². The Morgan fingerprint density at radius 2 is 2.18 bits per heavy atom. The van der Waals surface area contributed by atoms with Gasteiger partial charge >= 0.3 is 5.97 Å². The van der Waals surface area contributed by atoms with E-state index in [4.69, 9.17) is 10.2 Å². The van der Waals surface area contributed by atoms with Crippen LogP contribution >= 0.6 is 11.8 Å². The van der Waals surface area contributed by atoms with Gasteiger partial charge in [0.05, 0.1) is 11.3 Å². The predicted octanol–water partition coefficient (Wildman–Crippen LogP) is 2.12. The van der Waals surface area contributed by atoms with Crippen LogP contribution in [-0.2, 0) is 0 Å². The Kier molecular flexibility index (Phi) is 4.96. The zero-order chi connectivity index (χ0) is 13.0. The number of carbonyl (C=O) groups is 1. The number of aliphatic hydroxyl groups excluding tert-OH is 1. The highest BCUT2D eigenvalue weighted by molar-refractivity contribution is 7.99. The van der Waals surface area contributed by atoms with Gasteiger partial charge in [-0.15, -0.1) is 11.8 Å². The fraction of sp³-hybridized carbons (Fsp3) is 0.500. The normalized spacial score (nSPS) is 12.5. The Labute approximate surface area is 105 Å². The molecule has 0 aliphatic carbocycles. The minimum absolute atomic E-state index is 0.110. The molecule has 2 N–H and O–H groups in total. The number of pyridine rings is 1. The van der Waals surface area contributed by atoms with Crippen molar-refractivity contribution >= 4 is 17.7 Å². The molecule has 0 saturated heterocycles. The molecule has 5 heteroatoms. The second-order valence-corrected chi connectivity index (χ2v) is 5.19. The molecule has 0 bridgehead atoms. The van der Waals surface area contributed by atoms with Crippen molar-refractivity contribution in [1.29, 1.82) is 0 Å². The average molecular weight is 255 g/mol. The van der Waals surface area contributed by atoms with Crippen LogP contribution in [0.1, 0.15) is 28.7 Å². The molecule has 1 aromatic heterocycles. The van der Waals surface area contributed by atoms with Gasteiger partial charge in [-0.05, 0) is 25.8 Å². The lowest BCUT2D eigenvalue weighted by molar-refractivity contribution is 0.0691. The fourth-order valence-electron chi connectivity index (χ4n) is 1.45. The van der Waals surface area contributed by atoms with Crippen LogP contribution in [-0.4, -0.2) is 33.5 Å². The zero-order valence-electron chi connectivity index (χ0n) is 10.2. The highest BCUT2D eigenvalue weighted by Gasteiger charge is 2.16. The van der Waals surface area contributed by atoms with Crippen molar-refractivity contribution in [3.8, 4) is 0 Å². The molecule has 0 fully saturated rings. The predicted molar refractivity (Wildman–Crippen MR) is 67.6 cm³/mol. The first kappa shape index (κ1) is 14.0. The fourth-order valence-corrected chi connectivity index (χ4v) is 2.65. The summed E-state index contributed by atoms with van der Waals surface area (Å²) < 4.78 is 0. The van der Waals surface area contributed by atoms with E-state index < -0.39 is 5.97 Å². The Hall–Kier alpha value is -1.07. The zero-order valence-corrected chi connectivity index (χ0v) is 11.0.